The molecule has 2 heterocycles. The molecule has 1 amide bonds. The molecule has 1 unspecified atom stereocenters. The average Bonchev–Trinajstić information content (AvgIpc) is 3.22. The predicted molar refractivity (Wildman–Crippen MR) is 93.7 cm³/mol. The molecule has 0 saturated carbocycles. The van der Waals surface area contributed by atoms with Gasteiger partial charge in [-0.1, -0.05) is 30.3 Å². The molecule has 2 aliphatic rings. The van der Waals surface area contributed by atoms with Crippen molar-refractivity contribution in [3.05, 3.63) is 35.9 Å². The first-order chi connectivity index (χ1) is 10.8. The van der Waals surface area contributed by atoms with Crippen LogP contribution in [0.25, 0.3) is 0 Å². The van der Waals surface area contributed by atoms with Gasteiger partial charge in [0.2, 0.25) is 0 Å². The van der Waals surface area contributed by atoms with Gasteiger partial charge in [0.15, 0.2) is 0 Å². The Balaban J connectivity index is 0.00000192. The van der Waals surface area contributed by atoms with Gasteiger partial charge in [-0.3, -0.25) is 4.79 Å². The van der Waals surface area contributed by atoms with E-state index in [0.29, 0.717) is 12.6 Å². The molecule has 3 atom stereocenters. The molecule has 4 nitrogen and oxygen atoms in total. The third kappa shape index (κ3) is 4.46. The Kier molecular flexibility index (Phi) is 6.88. The van der Waals surface area contributed by atoms with E-state index in [1.54, 1.807) is 0 Å². The first-order valence-corrected chi connectivity index (χ1v) is 8.48. The van der Waals surface area contributed by atoms with Crippen molar-refractivity contribution >= 4 is 18.3 Å². The zero-order valence-corrected chi connectivity index (χ0v) is 14.3. The van der Waals surface area contributed by atoms with E-state index < -0.39 is 0 Å². The van der Waals surface area contributed by atoms with Gasteiger partial charge >= 0.3 is 0 Å². The first-order valence-electron chi connectivity index (χ1n) is 8.48. The number of nitrogens with zero attached hydrogens (tertiary/aromatic N) is 1. The van der Waals surface area contributed by atoms with Crippen LogP contribution in [0.15, 0.2) is 30.3 Å². The Morgan fingerprint density at radius 3 is 2.70 bits per heavy atom. The number of carbonyl (C=O) groups is 1. The standard InChI is InChI=1S/C18H26N2O2.ClH/c19-13-16-10-11-17(22-16)18(21)20-12-4-7-15(20)9-8-14-5-2-1-3-6-14;/h1-3,5-6,15-17H,4,7-13,19H2;1H/t15?,16-,17+;/m1./s1. The van der Waals surface area contributed by atoms with Gasteiger partial charge in [-0.15, -0.1) is 12.4 Å². The van der Waals surface area contributed by atoms with E-state index in [-0.39, 0.29) is 30.5 Å². The van der Waals surface area contributed by atoms with Crippen LogP contribution in [0, 0.1) is 0 Å². The van der Waals surface area contributed by atoms with Crippen molar-refractivity contribution in [2.45, 2.75) is 56.8 Å². The second-order valence-electron chi connectivity index (χ2n) is 6.41. The molecule has 128 valence electrons. The molecule has 0 bridgehead atoms. The van der Waals surface area contributed by atoms with Crippen LogP contribution in [-0.2, 0) is 16.0 Å². The summed E-state index contributed by atoms with van der Waals surface area (Å²) >= 11 is 0. The molecule has 0 aliphatic carbocycles. The van der Waals surface area contributed by atoms with E-state index in [9.17, 15) is 4.79 Å². The van der Waals surface area contributed by atoms with E-state index in [1.807, 2.05) is 6.07 Å². The molecule has 2 N–H and O–H groups in total. The highest BCUT2D eigenvalue weighted by atomic mass is 35.5. The van der Waals surface area contributed by atoms with Crippen LogP contribution in [0.5, 0.6) is 0 Å². The van der Waals surface area contributed by atoms with E-state index in [2.05, 4.69) is 29.2 Å². The summed E-state index contributed by atoms with van der Waals surface area (Å²) in [5.74, 6) is 0.187. The van der Waals surface area contributed by atoms with Crippen molar-refractivity contribution < 1.29 is 9.53 Å². The van der Waals surface area contributed by atoms with E-state index in [0.717, 1.165) is 45.1 Å². The number of ether oxygens (including phenoxy) is 1. The Bertz CT molecular complexity index is 497. The second kappa shape index (κ2) is 8.67. The largest absolute Gasteiger partial charge is 0.364 e. The molecule has 5 heteroatoms. The third-order valence-corrected chi connectivity index (χ3v) is 4.92. The molecular formula is C18H27ClN2O2. The number of hydrogen-bond donors (Lipinski definition) is 1. The van der Waals surface area contributed by atoms with Crippen LogP contribution in [0.2, 0.25) is 0 Å². The SMILES string of the molecule is Cl.NC[C@H]1CC[C@@H](C(=O)N2CCCC2CCc2ccccc2)O1. The van der Waals surface area contributed by atoms with Crippen LogP contribution in [0.4, 0.5) is 0 Å². The van der Waals surface area contributed by atoms with Gasteiger partial charge in [-0.2, -0.15) is 0 Å². The number of hydrogen-bond acceptors (Lipinski definition) is 3. The molecule has 3 rings (SSSR count). The lowest BCUT2D eigenvalue weighted by Gasteiger charge is -2.27. The van der Waals surface area contributed by atoms with Crippen molar-refractivity contribution in [2.75, 3.05) is 13.1 Å². The summed E-state index contributed by atoms with van der Waals surface area (Å²) in [4.78, 5) is 14.8. The quantitative estimate of drug-likeness (QED) is 0.897. The summed E-state index contributed by atoms with van der Waals surface area (Å²) in [7, 11) is 0. The van der Waals surface area contributed by atoms with Gasteiger partial charge < -0.3 is 15.4 Å². The molecule has 2 aliphatic heterocycles. The van der Waals surface area contributed by atoms with Crippen LogP contribution < -0.4 is 5.73 Å². The Morgan fingerprint density at radius 1 is 1.22 bits per heavy atom. The Hall–Kier alpha value is -1.10. The number of aryl methyl sites for hydroxylation is 1. The van der Waals surface area contributed by atoms with Crippen molar-refractivity contribution in [3.8, 4) is 0 Å². The number of rotatable bonds is 5. The molecular weight excluding hydrogens is 312 g/mol. The summed E-state index contributed by atoms with van der Waals surface area (Å²) in [5.41, 5.74) is 6.99. The van der Waals surface area contributed by atoms with Crippen molar-refractivity contribution in [2.24, 2.45) is 5.73 Å². The first kappa shape index (κ1) is 18.2. The van der Waals surface area contributed by atoms with Crippen LogP contribution in [0.3, 0.4) is 0 Å². The normalized spacial score (nSPS) is 27.0. The van der Waals surface area contributed by atoms with Crippen LogP contribution >= 0.6 is 12.4 Å². The molecule has 0 aromatic heterocycles. The highest BCUT2D eigenvalue weighted by Gasteiger charge is 2.37. The number of benzene rings is 1. The fourth-order valence-corrected chi connectivity index (χ4v) is 3.65. The zero-order valence-electron chi connectivity index (χ0n) is 13.5. The Morgan fingerprint density at radius 2 is 2.00 bits per heavy atom. The molecule has 2 saturated heterocycles. The predicted octanol–water partition coefficient (Wildman–Crippen LogP) is 2.54. The molecule has 1 aromatic rings. The highest BCUT2D eigenvalue weighted by Crippen LogP contribution is 2.27. The molecule has 23 heavy (non-hydrogen) atoms. The van der Waals surface area contributed by atoms with Gasteiger partial charge in [0.1, 0.15) is 6.10 Å². The van der Waals surface area contributed by atoms with Gasteiger partial charge in [0.25, 0.3) is 5.91 Å². The Labute approximate surface area is 144 Å². The third-order valence-electron chi connectivity index (χ3n) is 4.92. The maximum Gasteiger partial charge on any atom is 0.251 e. The monoisotopic (exact) mass is 338 g/mol. The highest BCUT2D eigenvalue weighted by molar-refractivity contribution is 5.85. The van der Waals surface area contributed by atoms with E-state index >= 15 is 0 Å². The average molecular weight is 339 g/mol. The van der Waals surface area contributed by atoms with Gasteiger partial charge in [-0.05, 0) is 44.1 Å². The minimum Gasteiger partial charge on any atom is -0.364 e. The number of halogens is 1. The van der Waals surface area contributed by atoms with Crippen LogP contribution in [0.1, 0.15) is 37.7 Å². The lowest BCUT2D eigenvalue weighted by molar-refractivity contribution is -0.143. The number of amides is 1. The molecule has 2 fully saturated rings. The fourth-order valence-electron chi connectivity index (χ4n) is 3.65. The maximum atomic E-state index is 12.7. The van der Waals surface area contributed by atoms with E-state index in [4.69, 9.17) is 10.5 Å². The minimum atomic E-state index is -0.258. The van der Waals surface area contributed by atoms with Gasteiger partial charge in [0.05, 0.1) is 6.10 Å². The summed E-state index contributed by atoms with van der Waals surface area (Å²) in [5, 5.41) is 0. The summed E-state index contributed by atoms with van der Waals surface area (Å²) in [6, 6.07) is 10.9. The number of carbonyl (C=O) groups excluding carboxylic acids is 1. The lowest BCUT2D eigenvalue weighted by Crippen LogP contribution is -2.42. The van der Waals surface area contributed by atoms with E-state index in [1.165, 1.54) is 5.56 Å². The van der Waals surface area contributed by atoms with Crippen molar-refractivity contribution in [1.82, 2.24) is 4.90 Å². The van der Waals surface area contributed by atoms with Crippen molar-refractivity contribution in [3.63, 3.8) is 0 Å². The summed E-state index contributed by atoms with van der Waals surface area (Å²) < 4.78 is 5.78. The smallest absolute Gasteiger partial charge is 0.251 e. The maximum absolute atomic E-state index is 12.7. The topological polar surface area (TPSA) is 55.6 Å². The molecule has 1 aromatic carbocycles. The minimum absolute atomic E-state index is 0. The number of nitrogens with two attached hydrogens (primary N) is 1. The summed E-state index contributed by atoms with van der Waals surface area (Å²) in [6.07, 6.45) is 5.85. The van der Waals surface area contributed by atoms with Crippen LogP contribution in [-0.4, -0.2) is 42.1 Å². The zero-order chi connectivity index (χ0) is 15.4. The lowest BCUT2D eigenvalue weighted by atomic mass is 10.0. The second-order valence-corrected chi connectivity index (χ2v) is 6.41. The fraction of sp³-hybridized carbons (Fsp3) is 0.611. The van der Waals surface area contributed by atoms with Gasteiger partial charge in [-0.25, -0.2) is 0 Å². The van der Waals surface area contributed by atoms with Gasteiger partial charge in [0, 0.05) is 19.1 Å². The molecule has 0 spiro atoms. The number of likely N-dealkylation sites (tertiary alicyclic amines) is 1. The summed E-state index contributed by atoms with van der Waals surface area (Å²) in [6.45, 7) is 1.40. The molecule has 0 radical (unpaired) electrons. The van der Waals surface area contributed by atoms with Crippen molar-refractivity contribution in [1.29, 1.82) is 0 Å².